The van der Waals surface area contributed by atoms with Gasteiger partial charge in [0.15, 0.2) is 9.84 Å². The normalized spacial score (nSPS) is 13.2. The molecule has 0 bridgehead atoms. The molecule has 0 fully saturated rings. The van der Waals surface area contributed by atoms with Gasteiger partial charge in [-0.2, -0.15) is 0 Å². The van der Waals surface area contributed by atoms with Crippen LogP contribution in [0.5, 0.6) is 0 Å². The maximum absolute atomic E-state index is 14.2. The SMILES string of the molecule is CN(C)NCCC(c1cc(F)ccc1F)S(=O)(=O)c1ccc(Cl)cc1. The summed E-state index contributed by atoms with van der Waals surface area (Å²) in [5, 5.41) is 0.826. The first-order chi connectivity index (χ1) is 11.7. The van der Waals surface area contributed by atoms with E-state index in [-0.39, 0.29) is 23.4 Å². The van der Waals surface area contributed by atoms with Crippen LogP contribution in [0.25, 0.3) is 0 Å². The van der Waals surface area contributed by atoms with Crippen LogP contribution in [-0.4, -0.2) is 34.1 Å². The molecule has 0 aliphatic carbocycles. The molecule has 0 aromatic heterocycles. The second kappa shape index (κ2) is 8.23. The third kappa shape index (κ3) is 4.98. The maximum Gasteiger partial charge on any atom is 0.185 e. The van der Waals surface area contributed by atoms with Crippen LogP contribution in [0.15, 0.2) is 47.4 Å². The number of hydrazine groups is 1. The Morgan fingerprint density at radius 3 is 2.36 bits per heavy atom. The Balaban J connectivity index is 2.46. The lowest BCUT2D eigenvalue weighted by Gasteiger charge is -2.21. The molecule has 1 unspecified atom stereocenters. The summed E-state index contributed by atoms with van der Waals surface area (Å²) in [6.45, 7) is 0.278. The number of halogens is 3. The van der Waals surface area contributed by atoms with E-state index in [1.54, 1.807) is 19.1 Å². The Hall–Kier alpha value is -1.54. The third-order valence-electron chi connectivity index (χ3n) is 3.66. The number of hydrogen-bond acceptors (Lipinski definition) is 4. The van der Waals surface area contributed by atoms with Crippen LogP contribution in [0.1, 0.15) is 17.2 Å². The molecular weight excluding hydrogens is 370 g/mol. The lowest BCUT2D eigenvalue weighted by Crippen LogP contribution is -2.32. The van der Waals surface area contributed by atoms with Gasteiger partial charge in [0.1, 0.15) is 11.6 Å². The standard InChI is InChI=1S/C17H19ClF2N2O2S/c1-22(2)21-10-9-17(15-11-13(19)5-8-16(15)20)25(23,24)14-6-3-12(18)4-7-14/h3-8,11,17,21H,9-10H2,1-2H3. The van der Waals surface area contributed by atoms with E-state index in [1.807, 2.05) is 0 Å². The number of hydrogen-bond donors (Lipinski definition) is 1. The van der Waals surface area contributed by atoms with Gasteiger partial charge in [-0.3, -0.25) is 10.4 Å². The second-order valence-electron chi connectivity index (χ2n) is 5.74. The first kappa shape index (κ1) is 19.8. The van der Waals surface area contributed by atoms with Gasteiger partial charge in [0.05, 0.1) is 10.1 Å². The molecule has 8 heteroatoms. The number of rotatable bonds is 7. The van der Waals surface area contributed by atoms with Crippen LogP contribution in [0, 0.1) is 11.6 Å². The summed E-state index contributed by atoms with van der Waals surface area (Å²) in [5.74, 6) is -1.44. The number of nitrogens with one attached hydrogen (secondary N) is 1. The minimum absolute atomic E-state index is 0.00964. The van der Waals surface area contributed by atoms with Crippen molar-refractivity contribution in [2.45, 2.75) is 16.6 Å². The zero-order valence-electron chi connectivity index (χ0n) is 13.8. The summed E-state index contributed by atoms with van der Waals surface area (Å²) in [7, 11) is -0.421. The molecule has 136 valence electrons. The van der Waals surface area contributed by atoms with Gasteiger partial charge in [-0.1, -0.05) is 11.6 Å². The highest BCUT2D eigenvalue weighted by atomic mass is 35.5. The molecule has 1 atom stereocenters. The monoisotopic (exact) mass is 388 g/mol. The molecule has 25 heavy (non-hydrogen) atoms. The summed E-state index contributed by atoms with van der Waals surface area (Å²) in [4.78, 5) is 0.00964. The molecule has 0 amide bonds. The van der Waals surface area contributed by atoms with Crippen LogP contribution in [0.4, 0.5) is 8.78 Å². The topological polar surface area (TPSA) is 49.4 Å². The fourth-order valence-corrected chi connectivity index (χ4v) is 4.36. The summed E-state index contributed by atoms with van der Waals surface area (Å²) < 4.78 is 53.9. The van der Waals surface area contributed by atoms with Crippen molar-refractivity contribution in [1.29, 1.82) is 0 Å². The van der Waals surface area contributed by atoms with E-state index in [2.05, 4.69) is 5.43 Å². The minimum Gasteiger partial charge on any atom is -0.256 e. The van der Waals surface area contributed by atoms with Crippen LogP contribution in [0.2, 0.25) is 5.02 Å². The molecule has 0 heterocycles. The van der Waals surface area contributed by atoms with Crippen LogP contribution >= 0.6 is 11.6 Å². The van der Waals surface area contributed by atoms with E-state index >= 15 is 0 Å². The largest absolute Gasteiger partial charge is 0.256 e. The molecule has 2 rings (SSSR count). The summed E-state index contributed by atoms with van der Waals surface area (Å²) in [6, 6.07) is 8.46. The van der Waals surface area contributed by atoms with Gasteiger partial charge in [0, 0.05) is 31.2 Å². The third-order valence-corrected chi connectivity index (χ3v) is 6.08. The molecule has 2 aromatic carbocycles. The summed E-state index contributed by atoms with van der Waals surface area (Å²) in [5.41, 5.74) is 2.76. The molecule has 2 aromatic rings. The van der Waals surface area contributed by atoms with Gasteiger partial charge in [0.25, 0.3) is 0 Å². The minimum atomic E-state index is -3.93. The predicted molar refractivity (Wildman–Crippen MR) is 94.0 cm³/mol. The summed E-state index contributed by atoms with van der Waals surface area (Å²) in [6.07, 6.45) is 0.0729. The van der Waals surface area contributed by atoms with E-state index in [1.165, 1.54) is 24.3 Å². The highest BCUT2D eigenvalue weighted by Gasteiger charge is 2.31. The first-order valence-corrected chi connectivity index (χ1v) is 9.49. The van der Waals surface area contributed by atoms with Crippen LogP contribution < -0.4 is 5.43 Å². The second-order valence-corrected chi connectivity index (χ2v) is 8.31. The zero-order valence-corrected chi connectivity index (χ0v) is 15.4. The molecule has 0 saturated carbocycles. The molecule has 0 aliphatic rings. The fraction of sp³-hybridized carbons (Fsp3) is 0.294. The van der Waals surface area contributed by atoms with E-state index in [4.69, 9.17) is 11.6 Å². The lowest BCUT2D eigenvalue weighted by molar-refractivity contribution is 0.287. The molecular formula is C17H19ClF2N2O2S. The van der Waals surface area contributed by atoms with Gasteiger partial charge in [-0.05, 0) is 48.9 Å². The number of nitrogens with zero attached hydrogens (tertiary/aromatic N) is 1. The van der Waals surface area contributed by atoms with Gasteiger partial charge in [0.2, 0.25) is 0 Å². The Bertz CT molecular complexity index is 827. The van der Waals surface area contributed by atoms with Crippen molar-refractivity contribution in [1.82, 2.24) is 10.4 Å². The summed E-state index contributed by atoms with van der Waals surface area (Å²) >= 11 is 5.80. The molecule has 0 aliphatic heterocycles. The van der Waals surface area contributed by atoms with Crippen molar-refractivity contribution in [2.75, 3.05) is 20.6 Å². The maximum atomic E-state index is 14.2. The van der Waals surface area contributed by atoms with E-state index in [0.717, 1.165) is 18.2 Å². The van der Waals surface area contributed by atoms with Crippen molar-refractivity contribution in [3.05, 3.63) is 64.7 Å². The van der Waals surface area contributed by atoms with E-state index in [9.17, 15) is 17.2 Å². The van der Waals surface area contributed by atoms with Crippen LogP contribution in [-0.2, 0) is 9.84 Å². The molecule has 0 spiro atoms. The Morgan fingerprint density at radius 2 is 1.76 bits per heavy atom. The van der Waals surface area contributed by atoms with Gasteiger partial charge in [-0.15, -0.1) is 0 Å². The van der Waals surface area contributed by atoms with Crippen LogP contribution in [0.3, 0.4) is 0 Å². The van der Waals surface area contributed by atoms with Gasteiger partial charge < -0.3 is 0 Å². The molecule has 4 nitrogen and oxygen atoms in total. The Morgan fingerprint density at radius 1 is 1.12 bits per heavy atom. The van der Waals surface area contributed by atoms with E-state index in [0.29, 0.717) is 5.02 Å². The average molecular weight is 389 g/mol. The number of benzene rings is 2. The molecule has 1 N–H and O–H groups in total. The van der Waals surface area contributed by atoms with Crippen molar-refractivity contribution >= 4 is 21.4 Å². The van der Waals surface area contributed by atoms with Crippen molar-refractivity contribution in [2.24, 2.45) is 0 Å². The lowest BCUT2D eigenvalue weighted by atomic mass is 10.1. The van der Waals surface area contributed by atoms with Gasteiger partial charge in [-0.25, -0.2) is 17.2 Å². The van der Waals surface area contributed by atoms with Gasteiger partial charge >= 0.3 is 0 Å². The first-order valence-electron chi connectivity index (χ1n) is 7.57. The number of sulfone groups is 1. The Kier molecular flexibility index (Phi) is 6.51. The predicted octanol–water partition coefficient (Wildman–Crippen LogP) is 3.59. The fourth-order valence-electron chi connectivity index (χ4n) is 2.45. The van der Waals surface area contributed by atoms with E-state index < -0.39 is 26.7 Å². The Labute approximate surface area is 151 Å². The average Bonchev–Trinajstić information content (AvgIpc) is 2.54. The van der Waals surface area contributed by atoms with Crippen molar-refractivity contribution < 1.29 is 17.2 Å². The zero-order chi connectivity index (χ0) is 18.6. The molecule has 0 saturated heterocycles. The molecule has 0 radical (unpaired) electrons. The van der Waals surface area contributed by atoms with Crippen molar-refractivity contribution in [3.63, 3.8) is 0 Å². The van der Waals surface area contributed by atoms with Crippen molar-refractivity contribution in [3.8, 4) is 0 Å². The highest BCUT2D eigenvalue weighted by molar-refractivity contribution is 7.91. The smallest absolute Gasteiger partial charge is 0.185 e. The highest BCUT2D eigenvalue weighted by Crippen LogP contribution is 2.34. The quantitative estimate of drug-likeness (QED) is 0.736.